The third-order valence-electron chi connectivity index (χ3n) is 3.81. The number of imidazole rings is 1. The van der Waals surface area contributed by atoms with E-state index < -0.39 is 17.8 Å². The Morgan fingerprint density at radius 3 is 2.65 bits per heavy atom. The van der Waals surface area contributed by atoms with Gasteiger partial charge in [-0.3, -0.25) is 0 Å². The second kappa shape index (κ2) is 5.72. The summed E-state index contributed by atoms with van der Waals surface area (Å²) in [5.41, 5.74) is 8.34. The minimum Gasteiger partial charge on any atom is -0.480 e. The normalized spacial score (nSPS) is 12.4. The molecule has 2 aromatic carbocycles. The highest BCUT2D eigenvalue weighted by molar-refractivity contribution is 5.80. The smallest absolute Gasteiger partial charge is 0.326 e. The number of carboxylic acid groups (broad SMARTS) is 1. The van der Waals surface area contributed by atoms with Gasteiger partial charge in [0.1, 0.15) is 17.7 Å². The van der Waals surface area contributed by atoms with Gasteiger partial charge in [-0.25, -0.2) is 14.2 Å². The summed E-state index contributed by atoms with van der Waals surface area (Å²) in [5, 5.41) is 9.36. The van der Waals surface area contributed by atoms with Crippen molar-refractivity contribution in [3.63, 3.8) is 0 Å². The first kappa shape index (κ1) is 15.0. The monoisotopic (exact) mass is 313 g/mol. The number of aliphatic carboxylic acids is 1. The molecule has 0 aliphatic heterocycles. The number of hydrogen-bond donors (Lipinski definition) is 2. The van der Waals surface area contributed by atoms with Crippen molar-refractivity contribution in [1.29, 1.82) is 0 Å². The van der Waals surface area contributed by atoms with Crippen molar-refractivity contribution in [1.82, 2.24) is 9.55 Å². The van der Waals surface area contributed by atoms with Crippen molar-refractivity contribution < 1.29 is 14.3 Å². The lowest BCUT2D eigenvalue weighted by molar-refractivity contribution is -0.140. The standard InChI is InChI=1S/C17H16FN3O2/c1-10(17(22)23)21-15-7-4-12(18)9-14(15)20-16(21)8-11-2-5-13(19)6-3-11/h2-7,9-10H,8,19H2,1H3,(H,22,23). The summed E-state index contributed by atoms with van der Waals surface area (Å²) in [5.74, 6) is -0.790. The van der Waals surface area contributed by atoms with E-state index in [0.29, 0.717) is 29.0 Å². The molecule has 0 radical (unpaired) electrons. The molecule has 118 valence electrons. The number of carboxylic acids is 1. The number of rotatable bonds is 4. The molecule has 0 aliphatic rings. The number of fused-ring (bicyclic) bond motifs is 1. The van der Waals surface area contributed by atoms with Gasteiger partial charge < -0.3 is 15.4 Å². The molecule has 5 nitrogen and oxygen atoms in total. The van der Waals surface area contributed by atoms with Crippen LogP contribution in [0.3, 0.4) is 0 Å². The Morgan fingerprint density at radius 2 is 2.00 bits per heavy atom. The van der Waals surface area contributed by atoms with Gasteiger partial charge in [-0.1, -0.05) is 12.1 Å². The third-order valence-corrected chi connectivity index (χ3v) is 3.81. The predicted molar refractivity (Wildman–Crippen MR) is 85.7 cm³/mol. The van der Waals surface area contributed by atoms with Crippen LogP contribution in [0.2, 0.25) is 0 Å². The molecule has 1 atom stereocenters. The number of halogens is 1. The fourth-order valence-corrected chi connectivity index (χ4v) is 2.61. The molecule has 6 heteroatoms. The van der Waals surface area contributed by atoms with Crippen molar-refractivity contribution in [2.75, 3.05) is 5.73 Å². The minimum absolute atomic E-state index is 0.399. The maximum atomic E-state index is 13.4. The van der Waals surface area contributed by atoms with E-state index in [1.807, 2.05) is 12.1 Å². The van der Waals surface area contributed by atoms with Gasteiger partial charge in [0.05, 0.1) is 11.0 Å². The Kier molecular flexibility index (Phi) is 3.73. The Morgan fingerprint density at radius 1 is 1.30 bits per heavy atom. The Labute approximate surface area is 132 Å². The summed E-state index contributed by atoms with van der Waals surface area (Å²) in [6, 6.07) is 10.7. The number of aromatic nitrogens is 2. The molecule has 0 aliphatic carbocycles. The summed E-state index contributed by atoms with van der Waals surface area (Å²) >= 11 is 0. The topological polar surface area (TPSA) is 81.1 Å². The average Bonchev–Trinajstić information content (AvgIpc) is 2.85. The Balaban J connectivity index is 2.12. The van der Waals surface area contributed by atoms with Crippen LogP contribution in [0.4, 0.5) is 10.1 Å². The van der Waals surface area contributed by atoms with Crippen LogP contribution in [0.25, 0.3) is 11.0 Å². The largest absolute Gasteiger partial charge is 0.480 e. The SMILES string of the molecule is CC(C(=O)O)n1c(Cc2ccc(N)cc2)nc2cc(F)ccc21. The number of hydrogen-bond acceptors (Lipinski definition) is 3. The molecule has 23 heavy (non-hydrogen) atoms. The van der Waals surface area contributed by atoms with Crippen LogP contribution in [0, 0.1) is 5.82 Å². The first-order valence-corrected chi connectivity index (χ1v) is 7.19. The molecular formula is C17H16FN3O2. The van der Waals surface area contributed by atoms with Crippen LogP contribution in [0.1, 0.15) is 24.4 Å². The third kappa shape index (κ3) is 2.88. The number of anilines is 1. The second-order valence-corrected chi connectivity index (χ2v) is 5.46. The van der Waals surface area contributed by atoms with Crippen LogP contribution < -0.4 is 5.73 Å². The molecule has 0 saturated carbocycles. The highest BCUT2D eigenvalue weighted by Gasteiger charge is 2.21. The second-order valence-electron chi connectivity index (χ2n) is 5.46. The molecule has 0 spiro atoms. The number of nitrogen functional groups attached to an aromatic ring is 1. The van der Waals surface area contributed by atoms with Gasteiger partial charge in [0.15, 0.2) is 0 Å². The number of benzene rings is 2. The first-order valence-electron chi connectivity index (χ1n) is 7.19. The highest BCUT2D eigenvalue weighted by Crippen LogP contribution is 2.24. The Bertz CT molecular complexity index is 871. The minimum atomic E-state index is -0.966. The van der Waals surface area contributed by atoms with Crippen molar-refractivity contribution in [3.8, 4) is 0 Å². The van der Waals surface area contributed by atoms with Gasteiger partial charge in [-0.05, 0) is 36.8 Å². The van der Waals surface area contributed by atoms with Crippen molar-refractivity contribution >= 4 is 22.7 Å². The van der Waals surface area contributed by atoms with Crippen LogP contribution in [0.15, 0.2) is 42.5 Å². The summed E-state index contributed by atoms with van der Waals surface area (Å²) in [7, 11) is 0. The van der Waals surface area contributed by atoms with Crippen LogP contribution >= 0.6 is 0 Å². The average molecular weight is 313 g/mol. The lowest BCUT2D eigenvalue weighted by atomic mass is 10.1. The zero-order valence-corrected chi connectivity index (χ0v) is 12.5. The molecule has 1 unspecified atom stereocenters. The summed E-state index contributed by atoms with van der Waals surface area (Å²) in [6.45, 7) is 1.58. The van der Waals surface area contributed by atoms with Crippen LogP contribution in [0.5, 0.6) is 0 Å². The number of nitrogens with zero attached hydrogens (tertiary/aromatic N) is 2. The highest BCUT2D eigenvalue weighted by atomic mass is 19.1. The number of carbonyl (C=O) groups is 1. The Hall–Kier alpha value is -2.89. The molecule has 0 amide bonds. The van der Waals surface area contributed by atoms with Crippen LogP contribution in [-0.4, -0.2) is 20.6 Å². The van der Waals surface area contributed by atoms with Crippen molar-refractivity contribution in [2.24, 2.45) is 0 Å². The summed E-state index contributed by atoms with van der Waals surface area (Å²) in [4.78, 5) is 15.8. The van der Waals surface area contributed by atoms with Gasteiger partial charge >= 0.3 is 5.97 Å². The van der Waals surface area contributed by atoms with Gasteiger partial charge in [-0.2, -0.15) is 0 Å². The summed E-state index contributed by atoms with van der Waals surface area (Å²) in [6.07, 6.45) is 0.439. The van der Waals surface area contributed by atoms with Gasteiger partial charge in [0, 0.05) is 18.2 Å². The molecule has 3 rings (SSSR count). The van der Waals surface area contributed by atoms with Crippen molar-refractivity contribution in [3.05, 3.63) is 59.7 Å². The van der Waals surface area contributed by atoms with E-state index in [9.17, 15) is 14.3 Å². The quantitative estimate of drug-likeness (QED) is 0.726. The molecule has 0 bridgehead atoms. The maximum Gasteiger partial charge on any atom is 0.326 e. The van der Waals surface area contributed by atoms with Crippen molar-refractivity contribution in [2.45, 2.75) is 19.4 Å². The van der Waals surface area contributed by atoms with Crippen LogP contribution in [-0.2, 0) is 11.2 Å². The molecule has 0 fully saturated rings. The lowest BCUT2D eigenvalue weighted by Crippen LogP contribution is -2.18. The fraction of sp³-hybridized carbons (Fsp3) is 0.176. The van der Waals surface area contributed by atoms with E-state index in [4.69, 9.17) is 5.73 Å². The van der Waals surface area contributed by atoms with E-state index in [-0.39, 0.29) is 0 Å². The van der Waals surface area contributed by atoms with E-state index >= 15 is 0 Å². The number of nitrogens with two attached hydrogens (primary N) is 1. The molecule has 1 aromatic heterocycles. The molecule has 3 N–H and O–H groups in total. The van der Waals surface area contributed by atoms with E-state index in [1.54, 1.807) is 29.7 Å². The maximum absolute atomic E-state index is 13.4. The first-order chi connectivity index (χ1) is 11.0. The molecule has 0 saturated heterocycles. The van der Waals surface area contributed by atoms with Gasteiger partial charge in [0.2, 0.25) is 0 Å². The van der Waals surface area contributed by atoms with Gasteiger partial charge in [-0.15, -0.1) is 0 Å². The van der Waals surface area contributed by atoms with E-state index in [2.05, 4.69) is 4.98 Å². The molecule has 3 aromatic rings. The van der Waals surface area contributed by atoms with Gasteiger partial charge in [0.25, 0.3) is 0 Å². The van der Waals surface area contributed by atoms with E-state index in [0.717, 1.165) is 5.56 Å². The van der Waals surface area contributed by atoms with E-state index in [1.165, 1.54) is 12.1 Å². The zero-order chi connectivity index (χ0) is 16.6. The lowest BCUT2D eigenvalue weighted by Gasteiger charge is -2.13. The molecular weight excluding hydrogens is 297 g/mol. The molecule has 1 heterocycles. The fourth-order valence-electron chi connectivity index (χ4n) is 2.61. The predicted octanol–water partition coefficient (Wildman–Crippen LogP) is 2.99. The zero-order valence-electron chi connectivity index (χ0n) is 12.5. The summed E-state index contributed by atoms with van der Waals surface area (Å²) < 4.78 is 15.1.